The van der Waals surface area contributed by atoms with E-state index >= 15 is 0 Å². The Morgan fingerprint density at radius 3 is 2.35 bits per heavy atom. The van der Waals surface area contributed by atoms with Gasteiger partial charge in [0.15, 0.2) is 0 Å². The lowest BCUT2D eigenvalue weighted by atomic mass is 9.98. The van der Waals surface area contributed by atoms with E-state index in [0.717, 1.165) is 61.4 Å². The van der Waals surface area contributed by atoms with Crippen LogP contribution in [0.4, 0.5) is 5.69 Å². The summed E-state index contributed by atoms with van der Waals surface area (Å²) in [6.07, 6.45) is 8.44. The molecule has 0 bridgehead atoms. The fraction of sp³-hybridized carbons (Fsp3) is 0.429. The predicted molar refractivity (Wildman–Crippen MR) is 165 cm³/mol. The maximum Gasteiger partial charge on any atom is 0.339 e. The van der Waals surface area contributed by atoms with Crippen LogP contribution < -0.4 is 4.90 Å². The van der Waals surface area contributed by atoms with Crippen LogP contribution in [0.15, 0.2) is 66.7 Å². The summed E-state index contributed by atoms with van der Waals surface area (Å²) in [5.74, 6) is 0.863. The van der Waals surface area contributed by atoms with E-state index in [1.807, 2.05) is 45.0 Å². The Labute approximate surface area is 239 Å². The number of hydrogen-bond acceptors (Lipinski definition) is 4. The van der Waals surface area contributed by atoms with Crippen LogP contribution in [0.25, 0.3) is 22.2 Å². The van der Waals surface area contributed by atoms with Crippen molar-refractivity contribution in [2.75, 3.05) is 18.0 Å². The van der Waals surface area contributed by atoms with E-state index in [4.69, 9.17) is 9.72 Å². The van der Waals surface area contributed by atoms with Gasteiger partial charge in [0.05, 0.1) is 16.6 Å². The molecular weight excluding hydrogens is 494 g/mol. The highest BCUT2D eigenvalue weighted by molar-refractivity contribution is 5.97. The lowest BCUT2D eigenvalue weighted by Crippen LogP contribution is -2.24. The molecule has 0 aliphatic carbocycles. The molecule has 40 heavy (non-hydrogen) atoms. The Bertz CT molecular complexity index is 1440. The third kappa shape index (κ3) is 6.57. The second kappa shape index (κ2) is 12.3. The van der Waals surface area contributed by atoms with Crippen molar-refractivity contribution in [3.8, 4) is 11.1 Å². The van der Waals surface area contributed by atoms with Crippen molar-refractivity contribution in [1.82, 2.24) is 9.55 Å². The molecule has 0 N–H and O–H groups in total. The topological polar surface area (TPSA) is 47.4 Å². The monoisotopic (exact) mass is 537 g/mol. The summed E-state index contributed by atoms with van der Waals surface area (Å²) in [5.41, 5.74) is 6.78. The molecule has 1 fully saturated rings. The van der Waals surface area contributed by atoms with Crippen LogP contribution in [0.2, 0.25) is 0 Å². The molecule has 3 aromatic carbocycles. The fourth-order valence-electron chi connectivity index (χ4n) is 5.61. The van der Waals surface area contributed by atoms with Gasteiger partial charge in [0.2, 0.25) is 0 Å². The van der Waals surface area contributed by atoms with Crippen LogP contribution in [0.1, 0.15) is 88.0 Å². The van der Waals surface area contributed by atoms with Gasteiger partial charge in [-0.15, -0.1) is 0 Å². The Morgan fingerprint density at radius 1 is 0.925 bits per heavy atom. The fourth-order valence-corrected chi connectivity index (χ4v) is 5.61. The molecule has 5 heteroatoms. The average molecular weight is 538 g/mol. The van der Waals surface area contributed by atoms with Gasteiger partial charge in [-0.2, -0.15) is 0 Å². The van der Waals surface area contributed by atoms with Gasteiger partial charge >= 0.3 is 5.97 Å². The average Bonchev–Trinajstić information content (AvgIpc) is 3.09. The third-order valence-corrected chi connectivity index (χ3v) is 7.69. The number of fused-ring (bicyclic) bond motifs is 1. The summed E-state index contributed by atoms with van der Waals surface area (Å²) in [6, 6.07) is 23.1. The summed E-state index contributed by atoms with van der Waals surface area (Å²) >= 11 is 0. The van der Waals surface area contributed by atoms with Crippen molar-refractivity contribution in [2.24, 2.45) is 0 Å². The quantitative estimate of drug-likeness (QED) is 0.212. The normalized spacial score (nSPS) is 14.3. The first-order valence-electron chi connectivity index (χ1n) is 15.0. The number of unbranched alkanes of at least 4 members (excludes halogenated alkanes) is 1. The molecule has 0 saturated carbocycles. The molecule has 2 heterocycles. The molecular formula is C35H43N3O2. The third-order valence-electron chi connectivity index (χ3n) is 7.69. The summed E-state index contributed by atoms with van der Waals surface area (Å²) in [5, 5.41) is 0. The van der Waals surface area contributed by atoms with Crippen molar-refractivity contribution in [1.29, 1.82) is 0 Å². The number of benzene rings is 3. The van der Waals surface area contributed by atoms with Crippen LogP contribution >= 0.6 is 0 Å². The maximum atomic E-state index is 12.9. The molecule has 1 aromatic heterocycles. The van der Waals surface area contributed by atoms with E-state index in [9.17, 15) is 4.79 Å². The van der Waals surface area contributed by atoms with Crippen LogP contribution in [-0.4, -0.2) is 34.2 Å². The van der Waals surface area contributed by atoms with Gasteiger partial charge in [-0.25, -0.2) is 9.78 Å². The minimum atomic E-state index is -0.538. The number of esters is 1. The number of imidazole rings is 1. The van der Waals surface area contributed by atoms with E-state index in [-0.39, 0.29) is 5.97 Å². The minimum absolute atomic E-state index is 0.294. The smallest absolute Gasteiger partial charge is 0.339 e. The van der Waals surface area contributed by atoms with Crippen molar-refractivity contribution < 1.29 is 9.53 Å². The number of carbonyl (C=O) groups is 1. The maximum absolute atomic E-state index is 12.9. The van der Waals surface area contributed by atoms with Gasteiger partial charge in [-0.05, 0) is 81.0 Å². The summed E-state index contributed by atoms with van der Waals surface area (Å²) in [7, 11) is 0. The molecule has 1 aliphatic rings. The van der Waals surface area contributed by atoms with Crippen LogP contribution in [0, 0.1) is 0 Å². The van der Waals surface area contributed by atoms with E-state index in [2.05, 4.69) is 58.9 Å². The minimum Gasteiger partial charge on any atom is -0.456 e. The molecule has 5 rings (SSSR count). The molecule has 5 nitrogen and oxygen atoms in total. The molecule has 4 aromatic rings. The van der Waals surface area contributed by atoms with Gasteiger partial charge in [-0.3, -0.25) is 0 Å². The van der Waals surface area contributed by atoms with E-state index in [0.29, 0.717) is 5.56 Å². The molecule has 0 atom stereocenters. The Kier molecular flexibility index (Phi) is 8.58. The highest BCUT2D eigenvalue weighted by atomic mass is 16.6. The predicted octanol–water partition coefficient (Wildman–Crippen LogP) is 8.43. The Balaban J connectivity index is 1.44. The standard InChI is InChI=1S/C35H43N3O2/c1-5-6-15-33-36-31-21-20-28(37-22-11-7-8-12-23-37)24-32(31)38(33)25-26-16-18-27(19-17-26)29-13-9-10-14-30(29)34(39)40-35(2,3)4/h9-10,13-14,16-21,24H,5-8,11-12,15,22-23,25H2,1-4H3. The zero-order valence-corrected chi connectivity index (χ0v) is 24.6. The van der Waals surface area contributed by atoms with Gasteiger partial charge in [0, 0.05) is 31.7 Å². The van der Waals surface area contributed by atoms with Crippen molar-refractivity contribution in [3.63, 3.8) is 0 Å². The lowest BCUT2D eigenvalue weighted by molar-refractivity contribution is 0.00704. The highest BCUT2D eigenvalue weighted by Gasteiger charge is 2.21. The van der Waals surface area contributed by atoms with E-state index in [1.54, 1.807) is 0 Å². The van der Waals surface area contributed by atoms with Crippen LogP contribution in [0.5, 0.6) is 0 Å². The van der Waals surface area contributed by atoms with Gasteiger partial charge in [0.1, 0.15) is 11.4 Å². The van der Waals surface area contributed by atoms with Crippen LogP contribution in [0.3, 0.4) is 0 Å². The number of hydrogen-bond donors (Lipinski definition) is 0. The summed E-state index contributed by atoms with van der Waals surface area (Å²) < 4.78 is 8.09. The second-order valence-electron chi connectivity index (χ2n) is 12.0. The first-order chi connectivity index (χ1) is 19.3. The van der Waals surface area contributed by atoms with E-state index in [1.165, 1.54) is 42.5 Å². The van der Waals surface area contributed by atoms with Gasteiger partial charge in [-0.1, -0.05) is 68.7 Å². The van der Waals surface area contributed by atoms with Gasteiger partial charge < -0.3 is 14.2 Å². The first kappa shape index (κ1) is 27.9. The molecule has 1 saturated heterocycles. The molecule has 0 unspecified atom stereocenters. The summed E-state index contributed by atoms with van der Waals surface area (Å²) in [6.45, 7) is 11.0. The number of aromatic nitrogens is 2. The van der Waals surface area contributed by atoms with Crippen molar-refractivity contribution in [3.05, 3.63) is 83.7 Å². The molecule has 0 spiro atoms. The second-order valence-corrected chi connectivity index (χ2v) is 12.0. The highest BCUT2D eigenvalue weighted by Crippen LogP contribution is 2.29. The van der Waals surface area contributed by atoms with Crippen LogP contribution in [-0.2, 0) is 17.7 Å². The number of rotatable bonds is 8. The number of aryl methyl sites for hydroxylation is 1. The number of nitrogens with zero attached hydrogens (tertiary/aromatic N) is 3. The molecule has 210 valence electrons. The largest absolute Gasteiger partial charge is 0.456 e. The van der Waals surface area contributed by atoms with Crippen molar-refractivity contribution in [2.45, 2.75) is 84.8 Å². The van der Waals surface area contributed by atoms with Crippen molar-refractivity contribution >= 4 is 22.7 Å². The lowest BCUT2D eigenvalue weighted by Gasteiger charge is -2.23. The number of ether oxygens (including phenoxy) is 1. The molecule has 0 radical (unpaired) electrons. The Morgan fingerprint density at radius 2 is 1.65 bits per heavy atom. The Hall–Kier alpha value is -3.60. The number of carbonyl (C=O) groups excluding carboxylic acids is 1. The zero-order valence-electron chi connectivity index (χ0n) is 24.6. The molecule has 0 amide bonds. The first-order valence-corrected chi connectivity index (χ1v) is 15.0. The SMILES string of the molecule is CCCCc1nc2ccc(N3CCCCCC3)cc2n1Cc1ccc(-c2ccccc2C(=O)OC(C)(C)C)cc1. The summed E-state index contributed by atoms with van der Waals surface area (Å²) in [4.78, 5) is 20.5. The van der Waals surface area contributed by atoms with Gasteiger partial charge in [0.25, 0.3) is 0 Å². The zero-order chi connectivity index (χ0) is 28.1. The molecule has 1 aliphatic heterocycles. The number of anilines is 1. The van der Waals surface area contributed by atoms with E-state index < -0.39 is 5.60 Å².